The smallest absolute Gasteiger partial charge is 0.121 e. The zero-order chi connectivity index (χ0) is 10.6. The van der Waals surface area contributed by atoms with Crippen LogP contribution in [0.1, 0.15) is 12.5 Å². The number of nitrogens with one attached hydrogen (secondary N) is 1. The Labute approximate surface area is 83.4 Å². The number of anilines is 1. The van der Waals surface area contributed by atoms with Crippen LogP contribution in [0.5, 0.6) is 5.75 Å². The molecule has 0 saturated heterocycles. The molecule has 4 nitrogen and oxygen atoms in total. The first-order valence-corrected chi connectivity index (χ1v) is 4.55. The van der Waals surface area contributed by atoms with Crippen molar-refractivity contribution in [1.29, 1.82) is 0 Å². The second kappa shape index (κ2) is 4.83. The second-order valence-electron chi connectivity index (χ2n) is 3.36. The topological polar surface area (TPSA) is 78.5 Å². The highest BCUT2D eigenvalue weighted by Crippen LogP contribution is 2.21. The summed E-state index contributed by atoms with van der Waals surface area (Å²) in [7, 11) is 0. The number of nitrogens with two attached hydrogens (primary N) is 1. The Bertz CT molecular complexity index is 300. The molecule has 0 aromatic heterocycles. The summed E-state index contributed by atoms with van der Waals surface area (Å²) in [5, 5.41) is 21.3. The minimum absolute atomic E-state index is 0.0707. The molecule has 0 aliphatic heterocycles. The average molecular weight is 196 g/mol. The summed E-state index contributed by atoms with van der Waals surface area (Å²) in [5.74, 6) is 0.110. The van der Waals surface area contributed by atoms with E-state index >= 15 is 0 Å². The van der Waals surface area contributed by atoms with E-state index in [0.717, 1.165) is 5.69 Å². The molecule has 14 heavy (non-hydrogen) atoms. The quantitative estimate of drug-likeness (QED) is 0.533. The lowest BCUT2D eigenvalue weighted by atomic mass is 10.2. The third-order valence-electron chi connectivity index (χ3n) is 1.88. The summed E-state index contributed by atoms with van der Waals surface area (Å²) < 4.78 is 0. The van der Waals surface area contributed by atoms with Crippen LogP contribution in [0.15, 0.2) is 18.2 Å². The standard InChI is InChI=1S/C10H16N2O2/c1-7(11)5-12-9-2-3-10(14)8(4-9)6-13/h2-4,7,12-14H,5-6,11H2,1H3. The van der Waals surface area contributed by atoms with Crippen molar-refractivity contribution in [3.63, 3.8) is 0 Å². The number of benzene rings is 1. The Balaban J connectivity index is 2.69. The molecule has 1 aromatic rings. The van der Waals surface area contributed by atoms with Crippen LogP contribution >= 0.6 is 0 Å². The first-order chi connectivity index (χ1) is 6.63. The minimum atomic E-state index is -0.167. The Hall–Kier alpha value is -1.26. The fourth-order valence-corrected chi connectivity index (χ4v) is 1.10. The van der Waals surface area contributed by atoms with E-state index in [1.54, 1.807) is 18.2 Å². The first-order valence-electron chi connectivity index (χ1n) is 4.55. The van der Waals surface area contributed by atoms with Crippen molar-refractivity contribution >= 4 is 5.69 Å². The highest BCUT2D eigenvalue weighted by atomic mass is 16.3. The molecule has 0 aliphatic carbocycles. The monoisotopic (exact) mass is 196 g/mol. The van der Waals surface area contributed by atoms with Gasteiger partial charge in [0.2, 0.25) is 0 Å². The summed E-state index contributed by atoms with van der Waals surface area (Å²) >= 11 is 0. The maximum absolute atomic E-state index is 9.30. The fourth-order valence-electron chi connectivity index (χ4n) is 1.10. The molecule has 0 heterocycles. The molecule has 0 aliphatic rings. The summed E-state index contributed by atoms with van der Waals surface area (Å²) in [5.41, 5.74) is 6.94. The maximum atomic E-state index is 9.30. The average Bonchev–Trinajstić information content (AvgIpc) is 2.16. The van der Waals surface area contributed by atoms with Gasteiger partial charge >= 0.3 is 0 Å². The van der Waals surface area contributed by atoms with Crippen LogP contribution in [0, 0.1) is 0 Å². The van der Waals surface area contributed by atoms with Crippen molar-refractivity contribution in [2.45, 2.75) is 19.6 Å². The van der Waals surface area contributed by atoms with Gasteiger partial charge in [0.25, 0.3) is 0 Å². The molecule has 1 unspecified atom stereocenters. The Morgan fingerprint density at radius 3 is 2.79 bits per heavy atom. The molecular weight excluding hydrogens is 180 g/mol. The zero-order valence-corrected chi connectivity index (χ0v) is 8.20. The van der Waals surface area contributed by atoms with Crippen molar-refractivity contribution in [2.24, 2.45) is 5.73 Å². The van der Waals surface area contributed by atoms with E-state index in [1.165, 1.54) is 0 Å². The van der Waals surface area contributed by atoms with Crippen molar-refractivity contribution in [2.75, 3.05) is 11.9 Å². The first kappa shape index (κ1) is 10.8. The summed E-state index contributed by atoms with van der Waals surface area (Å²) in [6.07, 6.45) is 0. The fraction of sp³-hybridized carbons (Fsp3) is 0.400. The predicted molar refractivity (Wildman–Crippen MR) is 56.2 cm³/mol. The van der Waals surface area contributed by atoms with Crippen LogP contribution in [0.4, 0.5) is 5.69 Å². The summed E-state index contributed by atoms with van der Waals surface area (Å²) in [6, 6.07) is 5.07. The van der Waals surface area contributed by atoms with Gasteiger partial charge < -0.3 is 21.3 Å². The minimum Gasteiger partial charge on any atom is -0.508 e. The van der Waals surface area contributed by atoms with Crippen LogP contribution in [0.3, 0.4) is 0 Å². The SMILES string of the molecule is CC(N)CNc1ccc(O)c(CO)c1. The summed E-state index contributed by atoms with van der Waals surface area (Å²) in [4.78, 5) is 0. The van der Waals surface area contributed by atoms with Crippen molar-refractivity contribution in [3.8, 4) is 5.75 Å². The lowest BCUT2D eigenvalue weighted by Crippen LogP contribution is -2.25. The molecule has 1 rings (SSSR count). The third-order valence-corrected chi connectivity index (χ3v) is 1.88. The van der Waals surface area contributed by atoms with Crippen LogP contribution in [0.25, 0.3) is 0 Å². The molecule has 0 spiro atoms. The maximum Gasteiger partial charge on any atom is 0.121 e. The Kier molecular flexibility index (Phi) is 3.73. The van der Waals surface area contributed by atoms with Gasteiger partial charge in [-0.2, -0.15) is 0 Å². The van der Waals surface area contributed by atoms with Crippen LogP contribution < -0.4 is 11.1 Å². The largest absolute Gasteiger partial charge is 0.508 e. The van der Waals surface area contributed by atoms with E-state index in [-0.39, 0.29) is 18.4 Å². The van der Waals surface area contributed by atoms with Crippen molar-refractivity contribution in [3.05, 3.63) is 23.8 Å². The molecular formula is C10H16N2O2. The van der Waals surface area contributed by atoms with Gasteiger partial charge in [-0.3, -0.25) is 0 Å². The second-order valence-corrected chi connectivity index (χ2v) is 3.36. The van der Waals surface area contributed by atoms with Gasteiger partial charge in [-0.05, 0) is 25.1 Å². The number of aliphatic hydroxyl groups is 1. The highest BCUT2D eigenvalue weighted by molar-refractivity contribution is 5.50. The van der Waals surface area contributed by atoms with E-state index < -0.39 is 0 Å². The Morgan fingerprint density at radius 2 is 2.21 bits per heavy atom. The van der Waals surface area contributed by atoms with Crippen LogP contribution in [-0.2, 0) is 6.61 Å². The molecule has 0 saturated carbocycles. The number of phenols is 1. The van der Waals surface area contributed by atoms with E-state index in [2.05, 4.69) is 5.32 Å². The molecule has 0 fully saturated rings. The lowest BCUT2D eigenvalue weighted by Gasteiger charge is -2.10. The van der Waals surface area contributed by atoms with E-state index in [9.17, 15) is 5.11 Å². The predicted octanol–water partition coefficient (Wildman–Crippen LogP) is 0.644. The van der Waals surface area contributed by atoms with Gasteiger partial charge in [-0.15, -0.1) is 0 Å². The number of hydrogen-bond acceptors (Lipinski definition) is 4. The number of aromatic hydroxyl groups is 1. The van der Waals surface area contributed by atoms with Crippen LogP contribution in [-0.4, -0.2) is 22.8 Å². The molecule has 4 heteroatoms. The molecule has 5 N–H and O–H groups in total. The molecule has 1 aromatic carbocycles. The van der Waals surface area contributed by atoms with E-state index in [1.807, 2.05) is 6.92 Å². The number of hydrogen-bond donors (Lipinski definition) is 4. The zero-order valence-electron chi connectivity index (χ0n) is 8.20. The molecule has 1 atom stereocenters. The van der Waals surface area contributed by atoms with Crippen molar-refractivity contribution in [1.82, 2.24) is 0 Å². The third kappa shape index (κ3) is 2.90. The highest BCUT2D eigenvalue weighted by Gasteiger charge is 2.01. The van der Waals surface area contributed by atoms with E-state index in [0.29, 0.717) is 12.1 Å². The van der Waals surface area contributed by atoms with Gasteiger partial charge in [-0.25, -0.2) is 0 Å². The number of aliphatic hydroxyl groups excluding tert-OH is 1. The molecule has 0 bridgehead atoms. The van der Waals surface area contributed by atoms with Crippen LogP contribution in [0.2, 0.25) is 0 Å². The molecule has 0 radical (unpaired) electrons. The van der Waals surface area contributed by atoms with Gasteiger partial charge in [0.05, 0.1) is 6.61 Å². The summed E-state index contributed by atoms with van der Waals surface area (Å²) in [6.45, 7) is 2.40. The van der Waals surface area contributed by atoms with Gasteiger partial charge in [0, 0.05) is 23.8 Å². The van der Waals surface area contributed by atoms with Crippen molar-refractivity contribution < 1.29 is 10.2 Å². The van der Waals surface area contributed by atoms with Gasteiger partial charge in [0.1, 0.15) is 5.75 Å². The normalized spacial score (nSPS) is 12.5. The molecule has 0 amide bonds. The van der Waals surface area contributed by atoms with Gasteiger partial charge in [-0.1, -0.05) is 0 Å². The number of rotatable bonds is 4. The molecule has 78 valence electrons. The lowest BCUT2D eigenvalue weighted by molar-refractivity contribution is 0.275. The Morgan fingerprint density at radius 1 is 1.50 bits per heavy atom. The van der Waals surface area contributed by atoms with E-state index in [4.69, 9.17) is 10.8 Å². The van der Waals surface area contributed by atoms with Gasteiger partial charge in [0.15, 0.2) is 0 Å².